The molecule has 2 heterocycles. The van der Waals surface area contributed by atoms with E-state index in [1.807, 2.05) is 26.0 Å². The molecule has 0 saturated carbocycles. The smallest absolute Gasteiger partial charge is 0.252 e. The summed E-state index contributed by atoms with van der Waals surface area (Å²) in [5, 5.41) is 0.119. The molecule has 1 unspecified atom stereocenters. The lowest BCUT2D eigenvalue weighted by Gasteiger charge is -2.26. The van der Waals surface area contributed by atoms with Gasteiger partial charge in [-0.1, -0.05) is 49.2 Å². The van der Waals surface area contributed by atoms with Gasteiger partial charge in [0.05, 0.1) is 29.9 Å². The Morgan fingerprint density at radius 3 is 2.41 bits per heavy atom. The molecule has 1 aromatic heterocycles. The molecule has 1 fully saturated rings. The Kier molecular flexibility index (Phi) is 6.87. The normalized spacial score (nSPS) is 16.8. The van der Waals surface area contributed by atoms with Crippen LogP contribution in [0.3, 0.4) is 0 Å². The van der Waals surface area contributed by atoms with Crippen LogP contribution in [0.4, 0.5) is 5.69 Å². The molecule has 1 aliphatic rings. The summed E-state index contributed by atoms with van der Waals surface area (Å²) >= 11 is 12.2. The monoisotopic (exact) mass is 520 g/mol. The Hall–Kier alpha value is -2.65. The largest absolute Gasteiger partial charge is 0.468 e. The molecule has 2 amide bonds. The van der Waals surface area contributed by atoms with E-state index < -0.39 is 27.9 Å². The first-order valence-electron chi connectivity index (χ1n) is 10.6. The van der Waals surface area contributed by atoms with Gasteiger partial charge in [0.25, 0.3) is 5.91 Å². The number of amides is 2. The van der Waals surface area contributed by atoms with Crippen LogP contribution in [-0.4, -0.2) is 30.6 Å². The van der Waals surface area contributed by atoms with Crippen molar-refractivity contribution in [3.8, 4) is 0 Å². The second kappa shape index (κ2) is 9.54. The standard InChI is InChI=1S/C24H22Cl2N2O5S/c1-15(2)16-5-8-18(9-6-16)28-23(29)13-21(24(28)30)27(14-19-4-3-11-33-19)34(31,32)22-12-17(25)7-10-20(22)26/h3-12,15,21H,13-14H2,1-2H3. The number of carbonyl (C=O) groups is 2. The van der Waals surface area contributed by atoms with Crippen LogP contribution >= 0.6 is 23.2 Å². The van der Waals surface area contributed by atoms with Crippen LogP contribution in [-0.2, 0) is 26.2 Å². The highest BCUT2D eigenvalue weighted by atomic mass is 35.5. The fraction of sp³-hybridized carbons (Fsp3) is 0.250. The van der Waals surface area contributed by atoms with Gasteiger partial charge in [0.2, 0.25) is 15.9 Å². The minimum Gasteiger partial charge on any atom is -0.468 e. The Bertz CT molecular complexity index is 1320. The van der Waals surface area contributed by atoms with E-state index in [1.54, 1.807) is 24.3 Å². The summed E-state index contributed by atoms with van der Waals surface area (Å²) in [6.45, 7) is 3.81. The summed E-state index contributed by atoms with van der Waals surface area (Å²) < 4.78 is 33.7. The Labute approximate surface area is 207 Å². The molecule has 0 aliphatic carbocycles. The molecule has 3 aromatic rings. The number of anilines is 1. The van der Waals surface area contributed by atoms with Gasteiger partial charge in [-0.05, 0) is 53.9 Å². The van der Waals surface area contributed by atoms with Gasteiger partial charge in [-0.15, -0.1) is 0 Å². The van der Waals surface area contributed by atoms with E-state index in [1.165, 1.54) is 24.5 Å². The van der Waals surface area contributed by atoms with E-state index in [2.05, 4.69) is 0 Å². The number of carbonyl (C=O) groups excluding carboxylic acids is 2. The van der Waals surface area contributed by atoms with Crippen molar-refractivity contribution < 1.29 is 22.4 Å². The maximum Gasteiger partial charge on any atom is 0.252 e. The molecule has 34 heavy (non-hydrogen) atoms. The van der Waals surface area contributed by atoms with Gasteiger partial charge in [-0.25, -0.2) is 13.3 Å². The lowest BCUT2D eigenvalue weighted by Crippen LogP contribution is -2.45. The lowest BCUT2D eigenvalue weighted by molar-refractivity contribution is -0.122. The number of furan rings is 1. The maximum absolute atomic E-state index is 13.7. The summed E-state index contributed by atoms with van der Waals surface area (Å²) in [5.41, 5.74) is 1.44. The Morgan fingerprint density at radius 2 is 1.79 bits per heavy atom. The molecule has 178 valence electrons. The van der Waals surface area contributed by atoms with E-state index in [4.69, 9.17) is 27.6 Å². The van der Waals surface area contributed by atoms with Crippen molar-refractivity contribution in [1.29, 1.82) is 0 Å². The summed E-state index contributed by atoms with van der Waals surface area (Å²) in [5.74, 6) is -0.551. The SMILES string of the molecule is CC(C)c1ccc(N2C(=O)CC(N(Cc3ccco3)S(=O)(=O)c3cc(Cl)ccc3Cl)C2=O)cc1. The first-order chi connectivity index (χ1) is 16.1. The minimum atomic E-state index is -4.34. The predicted molar refractivity (Wildman–Crippen MR) is 129 cm³/mol. The van der Waals surface area contributed by atoms with Gasteiger partial charge in [-0.3, -0.25) is 9.59 Å². The van der Waals surface area contributed by atoms with Gasteiger partial charge in [0, 0.05) is 5.02 Å². The Balaban J connectivity index is 1.74. The highest BCUT2D eigenvalue weighted by Crippen LogP contribution is 2.34. The maximum atomic E-state index is 13.7. The Morgan fingerprint density at radius 1 is 1.09 bits per heavy atom. The number of imide groups is 1. The number of nitrogens with zero attached hydrogens (tertiary/aromatic N) is 2. The van der Waals surface area contributed by atoms with Gasteiger partial charge < -0.3 is 4.42 Å². The zero-order valence-electron chi connectivity index (χ0n) is 18.4. The van der Waals surface area contributed by atoms with E-state index >= 15 is 0 Å². The van der Waals surface area contributed by atoms with E-state index in [0.29, 0.717) is 11.4 Å². The lowest BCUT2D eigenvalue weighted by atomic mass is 10.0. The molecule has 0 bridgehead atoms. The van der Waals surface area contributed by atoms with Gasteiger partial charge in [0.15, 0.2) is 0 Å². The number of hydrogen-bond acceptors (Lipinski definition) is 5. The van der Waals surface area contributed by atoms with Crippen LogP contribution in [0.5, 0.6) is 0 Å². The minimum absolute atomic E-state index is 0.0493. The summed E-state index contributed by atoms with van der Waals surface area (Å²) in [4.78, 5) is 27.1. The highest BCUT2D eigenvalue weighted by Gasteiger charge is 2.47. The van der Waals surface area contributed by atoms with Crippen LogP contribution in [0.2, 0.25) is 10.0 Å². The molecule has 10 heteroatoms. The van der Waals surface area contributed by atoms with Crippen molar-refractivity contribution in [2.45, 2.75) is 43.7 Å². The quantitative estimate of drug-likeness (QED) is 0.397. The topological polar surface area (TPSA) is 87.9 Å². The molecule has 2 aromatic carbocycles. The van der Waals surface area contributed by atoms with Crippen LogP contribution in [0, 0.1) is 0 Å². The molecule has 0 spiro atoms. The van der Waals surface area contributed by atoms with Crippen LogP contribution in [0.1, 0.15) is 37.5 Å². The van der Waals surface area contributed by atoms with Crippen molar-refractivity contribution in [3.63, 3.8) is 0 Å². The summed E-state index contributed by atoms with van der Waals surface area (Å²) in [6, 6.07) is 13.0. The first kappa shape index (κ1) is 24.5. The van der Waals surface area contributed by atoms with Gasteiger partial charge in [0.1, 0.15) is 16.7 Å². The molecule has 0 N–H and O–H groups in total. The van der Waals surface area contributed by atoms with Crippen molar-refractivity contribution in [3.05, 3.63) is 82.2 Å². The average molecular weight is 521 g/mol. The summed E-state index contributed by atoms with van der Waals surface area (Å²) in [6.07, 6.45) is 1.08. The van der Waals surface area contributed by atoms with Crippen LogP contribution in [0.25, 0.3) is 0 Å². The van der Waals surface area contributed by atoms with Gasteiger partial charge >= 0.3 is 0 Å². The van der Waals surface area contributed by atoms with E-state index in [9.17, 15) is 18.0 Å². The third-order valence-corrected chi connectivity index (χ3v) is 8.23. The second-order valence-corrected chi connectivity index (χ2v) is 10.9. The van der Waals surface area contributed by atoms with E-state index in [-0.39, 0.29) is 33.8 Å². The van der Waals surface area contributed by atoms with Crippen LogP contribution in [0.15, 0.2) is 70.2 Å². The van der Waals surface area contributed by atoms with Gasteiger partial charge in [-0.2, -0.15) is 4.31 Å². The first-order valence-corrected chi connectivity index (χ1v) is 12.7. The van der Waals surface area contributed by atoms with Crippen molar-refractivity contribution in [2.75, 3.05) is 4.90 Å². The number of rotatable bonds is 7. The average Bonchev–Trinajstić information content (AvgIpc) is 3.41. The fourth-order valence-corrected chi connectivity index (χ4v) is 6.13. The highest BCUT2D eigenvalue weighted by molar-refractivity contribution is 7.89. The number of benzene rings is 2. The number of hydrogen-bond donors (Lipinski definition) is 0. The predicted octanol–water partition coefficient (Wildman–Crippen LogP) is 5.23. The number of halogens is 2. The van der Waals surface area contributed by atoms with Crippen LogP contribution < -0.4 is 4.90 Å². The number of sulfonamides is 1. The third-order valence-electron chi connectivity index (χ3n) is 5.66. The molecular weight excluding hydrogens is 499 g/mol. The van der Waals surface area contributed by atoms with Crippen molar-refractivity contribution in [1.82, 2.24) is 4.31 Å². The zero-order valence-corrected chi connectivity index (χ0v) is 20.8. The zero-order chi connectivity index (χ0) is 24.6. The molecule has 0 radical (unpaired) electrons. The molecule has 7 nitrogen and oxygen atoms in total. The molecule has 4 rings (SSSR count). The summed E-state index contributed by atoms with van der Waals surface area (Å²) in [7, 11) is -4.34. The van der Waals surface area contributed by atoms with E-state index in [0.717, 1.165) is 14.8 Å². The van der Waals surface area contributed by atoms with Crippen molar-refractivity contribution in [2.24, 2.45) is 0 Å². The molecular formula is C24H22Cl2N2O5S. The molecule has 1 aliphatic heterocycles. The molecule has 1 atom stereocenters. The second-order valence-electron chi connectivity index (χ2n) is 8.24. The fourth-order valence-electron chi connectivity index (χ4n) is 3.84. The third kappa shape index (κ3) is 4.63. The van der Waals surface area contributed by atoms with Crippen molar-refractivity contribution >= 4 is 50.7 Å². The molecule has 1 saturated heterocycles.